The summed E-state index contributed by atoms with van der Waals surface area (Å²) in [6, 6.07) is 0. The van der Waals surface area contributed by atoms with Gasteiger partial charge in [0.05, 0.1) is 6.61 Å². The zero-order chi connectivity index (χ0) is 14.6. The molecule has 0 saturated heterocycles. The molecule has 3 nitrogen and oxygen atoms in total. The molecule has 0 aromatic rings. The molecule has 0 N–H and O–H groups in total. The molecule has 0 rings (SSSR count). The van der Waals surface area contributed by atoms with Crippen LogP contribution in [0.1, 0.15) is 13.3 Å². The molecule has 0 aliphatic carbocycles. The summed E-state index contributed by atoms with van der Waals surface area (Å²) in [5.74, 6) is -0.275. The van der Waals surface area contributed by atoms with Crippen molar-refractivity contribution in [3.05, 3.63) is 12.2 Å². The van der Waals surface area contributed by atoms with E-state index in [4.69, 9.17) is 4.74 Å². The highest BCUT2D eigenvalue weighted by atomic mass is 28.4. The third-order valence-corrected chi connectivity index (χ3v) is 10.4. The maximum absolute atomic E-state index is 11.3. The molecular weight excluding hydrogens is 258 g/mol. The fourth-order valence-corrected chi connectivity index (χ4v) is 11.9. The molecule has 18 heavy (non-hydrogen) atoms. The SMILES string of the molecule is C=C(C)C(=O)OCCCN([Si](C)(C)C)[Si](C)(C)C. The maximum atomic E-state index is 11.3. The number of carbonyl (C=O) groups excluding carboxylic acids is 1. The summed E-state index contributed by atoms with van der Waals surface area (Å²) < 4.78 is 7.85. The van der Waals surface area contributed by atoms with Crippen molar-refractivity contribution in [3.8, 4) is 0 Å². The standard InChI is InChI=1S/C13H29NO2Si2/c1-12(2)13(15)16-11-9-10-14(17(3,4)5)18(6,7)8/h1,9-11H2,2-8H3. The van der Waals surface area contributed by atoms with Crippen LogP contribution in [-0.2, 0) is 9.53 Å². The van der Waals surface area contributed by atoms with Crippen molar-refractivity contribution in [3.63, 3.8) is 0 Å². The van der Waals surface area contributed by atoms with Gasteiger partial charge in [0, 0.05) is 5.57 Å². The highest BCUT2D eigenvalue weighted by molar-refractivity contribution is 6.89. The van der Waals surface area contributed by atoms with Crippen LogP contribution < -0.4 is 0 Å². The van der Waals surface area contributed by atoms with Gasteiger partial charge in [-0.25, -0.2) is 4.79 Å². The number of hydrogen-bond donors (Lipinski definition) is 0. The average molecular weight is 288 g/mol. The summed E-state index contributed by atoms with van der Waals surface area (Å²) in [4.78, 5) is 11.3. The van der Waals surface area contributed by atoms with Crippen molar-refractivity contribution in [2.45, 2.75) is 52.6 Å². The highest BCUT2D eigenvalue weighted by Gasteiger charge is 2.33. The fraction of sp³-hybridized carbons (Fsp3) is 0.769. The van der Waals surface area contributed by atoms with Gasteiger partial charge in [-0.05, 0) is 19.9 Å². The van der Waals surface area contributed by atoms with Gasteiger partial charge >= 0.3 is 5.97 Å². The Bertz CT molecular complexity index is 289. The van der Waals surface area contributed by atoms with Crippen molar-refractivity contribution in [1.82, 2.24) is 4.23 Å². The minimum absolute atomic E-state index is 0.275. The van der Waals surface area contributed by atoms with E-state index in [9.17, 15) is 4.79 Å². The minimum Gasteiger partial charge on any atom is -0.462 e. The van der Waals surface area contributed by atoms with E-state index >= 15 is 0 Å². The van der Waals surface area contributed by atoms with E-state index in [2.05, 4.69) is 50.1 Å². The Kier molecular flexibility index (Phi) is 6.53. The predicted octanol–water partition coefficient (Wildman–Crippen LogP) is 3.47. The summed E-state index contributed by atoms with van der Waals surface area (Å²) >= 11 is 0. The van der Waals surface area contributed by atoms with Gasteiger partial charge in [-0.1, -0.05) is 45.9 Å². The first kappa shape index (κ1) is 17.6. The largest absolute Gasteiger partial charge is 0.462 e. The van der Waals surface area contributed by atoms with E-state index in [-0.39, 0.29) is 5.97 Å². The van der Waals surface area contributed by atoms with E-state index in [0.29, 0.717) is 12.2 Å². The van der Waals surface area contributed by atoms with Gasteiger partial charge in [0.2, 0.25) is 0 Å². The lowest BCUT2D eigenvalue weighted by Gasteiger charge is -2.43. The Morgan fingerprint density at radius 1 is 1.11 bits per heavy atom. The van der Waals surface area contributed by atoms with E-state index in [1.807, 2.05) is 0 Å². The molecule has 106 valence electrons. The molecule has 0 aliphatic rings. The molecule has 0 bridgehead atoms. The second kappa shape index (κ2) is 6.68. The Balaban J connectivity index is 4.24. The summed E-state index contributed by atoms with van der Waals surface area (Å²) in [5, 5.41) is 0. The van der Waals surface area contributed by atoms with Crippen LogP contribution >= 0.6 is 0 Å². The Morgan fingerprint density at radius 2 is 1.56 bits per heavy atom. The molecule has 0 spiro atoms. The number of ether oxygens (including phenoxy) is 1. The molecule has 0 saturated carbocycles. The lowest BCUT2D eigenvalue weighted by molar-refractivity contribution is -0.139. The first-order chi connectivity index (χ1) is 7.96. The monoisotopic (exact) mass is 287 g/mol. The lowest BCUT2D eigenvalue weighted by atomic mass is 10.4. The zero-order valence-electron chi connectivity index (χ0n) is 13.1. The van der Waals surface area contributed by atoms with Crippen LogP contribution in [-0.4, -0.2) is 39.8 Å². The van der Waals surface area contributed by atoms with Gasteiger partial charge in [0.25, 0.3) is 0 Å². The Hall–Kier alpha value is -0.396. The van der Waals surface area contributed by atoms with Gasteiger partial charge < -0.3 is 8.97 Å². The molecule has 0 radical (unpaired) electrons. The highest BCUT2D eigenvalue weighted by Crippen LogP contribution is 2.19. The van der Waals surface area contributed by atoms with Crippen LogP contribution in [0.2, 0.25) is 39.3 Å². The molecule has 0 fully saturated rings. The van der Waals surface area contributed by atoms with Gasteiger partial charge in [0.15, 0.2) is 0 Å². The van der Waals surface area contributed by atoms with E-state index in [0.717, 1.165) is 13.0 Å². The topological polar surface area (TPSA) is 29.5 Å². The number of hydrogen-bond acceptors (Lipinski definition) is 3. The van der Waals surface area contributed by atoms with Crippen molar-refractivity contribution in [2.75, 3.05) is 13.2 Å². The minimum atomic E-state index is -1.28. The summed E-state index contributed by atoms with van der Waals surface area (Å²) in [6.07, 6.45) is 0.910. The Morgan fingerprint density at radius 3 is 1.89 bits per heavy atom. The van der Waals surface area contributed by atoms with Gasteiger partial charge in [-0.15, -0.1) is 0 Å². The molecule has 0 atom stereocenters. The number of nitrogens with zero attached hydrogens (tertiary/aromatic N) is 1. The molecule has 0 aromatic heterocycles. The van der Waals surface area contributed by atoms with Gasteiger partial charge in [0.1, 0.15) is 16.5 Å². The third kappa shape index (κ3) is 6.51. The predicted molar refractivity (Wildman–Crippen MR) is 83.8 cm³/mol. The molecule has 0 aliphatic heterocycles. The number of rotatable bonds is 7. The fourth-order valence-electron chi connectivity index (χ4n) is 2.19. The summed E-state index contributed by atoms with van der Waals surface area (Å²) in [5.41, 5.74) is 0.474. The summed E-state index contributed by atoms with van der Waals surface area (Å²) in [7, 11) is -2.57. The maximum Gasteiger partial charge on any atom is 0.333 e. The average Bonchev–Trinajstić information content (AvgIpc) is 2.12. The lowest BCUT2D eigenvalue weighted by Crippen LogP contribution is -2.59. The quantitative estimate of drug-likeness (QED) is 0.311. The number of esters is 1. The van der Waals surface area contributed by atoms with Gasteiger partial charge in [-0.3, -0.25) is 0 Å². The Labute approximate surface area is 114 Å². The summed E-state index contributed by atoms with van der Waals surface area (Å²) in [6.45, 7) is 21.1. The second-order valence-corrected chi connectivity index (χ2v) is 17.0. The van der Waals surface area contributed by atoms with Crippen LogP contribution in [0.5, 0.6) is 0 Å². The van der Waals surface area contributed by atoms with Crippen molar-refractivity contribution < 1.29 is 9.53 Å². The van der Waals surface area contributed by atoms with Crippen molar-refractivity contribution in [1.29, 1.82) is 0 Å². The van der Waals surface area contributed by atoms with Gasteiger partial charge in [-0.2, -0.15) is 0 Å². The zero-order valence-corrected chi connectivity index (χ0v) is 15.1. The third-order valence-electron chi connectivity index (χ3n) is 2.73. The molecule has 0 heterocycles. The molecule has 5 heteroatoms. The van der Waals surface area contributed by atoms with Crippen molar-refractivity contribution in [2.24, 2.45) is 0 Å². The van der Waals surface area contributed by atoms with Crippen LogP contribution in [0.25, 0.3) is 0 Å². The van der Waals surface area contributed by atoms with E-state index in [1.165, 1.54) is 0 Å². The molecule has 0 aromatic carbocycles. The van der Waals surface area contributed by atoms with E-state index in [1.54, 1.807) is 6.92 Å². The van der Waals surface area contributed by atoms with Crippen molar-refractivity contribution >= 4 is 22.4 Å². The first-order valence-electron chi connectivity index (χ1n) is 6.56. The molecule has 0 amide bonds. The van der Waals surface area contributed by atoms with Crippen LogP contribution in [0.3, 0.4) is 0 Å². The van der Waals surface area contributed by atoms with E-state index < -0.39 is 16.5 Å². The normalized spacial score (nSPS) is 12.7. The van der Waals surface area contributed by atoms with Crippen LogP contribution in [0.4, 0.5) is 0 Å². The number of carbonyl (C=O) groups is 1. The van der Waals surface area contributed by atoms with Crippen LogP contribution in [0.15, 0.2) is 12.2 Å². The molecule has 0 unspecified atom stereocenters. The first-order valence-corrected chi connectivity index (χ1v) is 13.5. The van der Waals surface area contributed by atoms with Crippen LogP contribution in [0, 0.1) is 0 Å². The molecular formula is C13H29NO2Si2. The second-order valence-electron chi connectivity index (χ2n) is 6.76. The smallest absolute Gasteiger partial charge is 0.333 e.